The van der Waals surface area contributed by atoms with Gasteiger partial charge < -0.3 is 14.1 Å². The Morgan fingerprint density at radius 1 is 1.43 bits per heavy atom. The maximum absolute atomic E-state index is 12.1. The third-order valence-electron chi connectivity index (χ3n) is 3.05. The van der Waals surface area contributed by atoms with E-state index in [0.717, 1.165) is 6.42 Å². The average molecular weight is 296 g/mol. The molecule has 1 saturated heterocycles. The van der Waals surface area contributed by atoms with E-state index in [9.17, 15) is 9.59 Å². The number of ether oxygens (including phenoxy) is 1. The molecule has 7 heteroatoms. The van der Waals surface area contributed by atoms with Crippen molar-refractivity contribution < 1.29 is 23.7 Å². The Morgan fingerprint density at radius 3 is 2.71 bits per heavy atom. The Hall–Kier alpha value is -1.89. The van der Waals surface area contributed by atoms with E-state index in [4.69, 9.17) is 14.1 Å². The van der Waals surface area contributed by atoms with Gasteiger partial charge in [-0.1, -0.05) is 5.16 Å². The standard InChI is InChI=1S/C14H20N2O5/c1-9-10(8-15-20-9)12(17)21-16-7-5-6-11(16)13(18)19-14(2,3)4/h8,11H,5-7H2,1-4H3/t11-/m0/s1. The summed E-state index contributed by atoms with van der Waals surface area (Å²) in [6, 6.07) is -0.562. The smallest absolute Gasteiger partial charge is 0.362 e. The first kappa shape index (κ1) is 15.5. The summed E-state index contributed by atoms with van der Waals surface area (Å²) in [5, 5.41) is 4.91. The molecule has 1 aliphatic rings. The Balaban J connectivity index is 2.01. The van der Waals surface area contributed by atoms with Crippen LogP contribution in [-0.4, -0.2) is 40.3 Å². The molecule has 1 aromatic rings. The van der Waals surface area contributed by atoms with Gasteiger partial charge in [-0.2, -0.15) is 0 Å². The molecule has 1 fully saturated rings. The molecule has 1 aliphatic heterocycles. The van der Waals surface area contributed by atoms with Crippen LogP contribution in [0.15, 0.2) is 10.7 Å². The van der Waals surface area contributed by atoms with E-state index < -0.39 is 17.6 Å². The summed E-state index contributed by atoms with van der Waals surface area (Å²) in [5.41, 5.74) is -0.315. The van der Waals surface area contributed by atoms with Crippen LogP contribution in [0.2, 0.25) is 0 Å². The van der Waals surface area contributed by atoms with Gasteiger partial charge >= 0.3 is 11.9 Å². The van der Waals surface area contributed by atoms with E-state index in [1.807, 2.05) is 0 Å². The van der Waals surface area contributed by atoms with Crippen LogP contribution in [0.4, 0.5) is 0 Å². The predicted molar refractivity (Wildman–Crippen MR) is 72.2 cm³/mol. The number of esters is 1. The third-order valence-corrected chi connectivity index (χ3v) is 3.05. The van der Waals surface area contributed by atoms with Crippen LogP contribution in [0.25, 0.3) is 0 Å². The molecule has 0 saturated carbocycles. The number of aryl methyl sites for hydroxylation is 1. The van der Waals surface area contributed by atoms with Crippen LogP contribution >= 0.6 is 0 Å². The first-order chi connectivity index (χ1) is 9.78. The molecule has 1 atom stereocenters. The summed E-state index contributed by atoms with van der Waals surface area (Å²) in [4.78, 5) is 29.4. The number of nitrogens with zero attached hydrogens (tertiary/aromatic N) is 2. The Kier molecular flexibility index (Phi) is 4.32. The van der Waals surface area contributed by atoms with E-state index in [-0.39, 0.29) is 11.5 Å². The minimum absolute atomic E-state index is 0.254. The van der Waals surface area contributed by atoms with Crippen LogP contribution < -0.4 is 0 Å². The molecule has 0 N–H and O–H groups in total. The molecule has 0 spiro atoms. The fourth-order valence-electron chi connectivity index (χ4n) is 2.11. The molecule has 116 valence electrons. The SMILES string of the molecule is Cc1oncc1C(=O)ON1CCC[C@H]1C(=O)OC(C)(C)C. The molecule has 0 bridgehead atoms. The number of carbonyl (C=O) groups excluding carboxylic acids is 2. The molecule has 7 nitrogen and oxygen atoms in total. The van der Waals surface area contributed by atoms with Gasteiger partial charge in [0.2, 0.25) is 0 Å². The summed E-state index contributed by atoms with van der Waals surface area (Å²) in [5.74, 6) is -0.577. The molecule has 2 rings (SSSR count). The number of aromatic nitrogens is 1. The molecule has 0 unspecified atom stereocenters. The number of hydrogen-bond donors (Lipinski definition) is 0. The molecular formula is C14H20N2O5. The highest BCUT2D eigenvalue weighted by Gasteiger charge is 2.37. The van der Waals surface area contributed by atoms with Gasteiger partial charge in [0.25, 0.3) is 0 Å². The van der Waals surface area contributed by atoms with Crippen molar-refractivity contribution in [3.63, 3.8) is 0 Å². The molecule has 2 heterocycles. The largest absolute Gasteiger partial charge is 0.459 e. The third kappa shape index (κ3) is 3.81. The molecule has 1 aromatic heterocycles. The minimum atomic E-state index is -0.579. The summed E-state index contributed by atoms with van der Waals surface area (Å²) in [6.07, 6.45) is 2.67. The maximum Gasteiger partial charge on any atom is 0.362 e. The quantitative estimate of drug-likeness (QED) is 0.787. The maximum atomic E-state index is 12.1. The van der Waals surface area contributed by atoms with Crippen LogP contribution in [0.5, 0.6) is 0 Å². The van der Waals surface area contributed by atoms with Crippen LogP contribution in [-0.2, 0) is 14.4 Å². The van der Waals surface area contributed by atoms with E-state index in [2.05, 4.69) is 5.16 Å². The average Bonchev–Trinajstić information content (AvgIpc) is 2.95. The van der Waals surface area contributed by atoms with Crippen LogP contribution in [0, 0.1) is 6.92 Å². The zero-order valence-electron chi connectivity index (χ0n) is 12.7. The van der Waals surface area contributed by atoms with Gasteiger partial charge in [-0.3, -0.25) is 4.79 Å². The van der Waals surface area contributed by atoms with Crippen molar-refractivity contribution >= 4 is 11.9 Å². The highest BCUT2D eigenvalue weighted by Crippen LogP contribution is 2.22. The van der Waals surface area contributed by atoms with Crippen molar-refractivity contribution in [3.8, 4) is 0 Å². The summed E-state index contributed by atoms with van der Waals surface area (Å²) < 4.78 is 10.2. The van der Waals surface area contributed by atoms with Crippen LogP contribution in [0.1, 0.15) is 49.7 Å². The lowest BCUT2D eigenvalue weighted by Crippen LogP contribution is -2.41. The number of hydrogen-bond acceptors (Lipinski definition) is 7. The van der Waals surface area contributed by atoms with Crippen LogP contribution in [0.3, 0.4) is 0 Å². The van der Waals surface area contributed by atoms with E-state index in [1.54, 1.807) is 27.7 Å². The van der Waals surface area contributed by atoms with Gasteiger partial charge in [-0.05, 0) is 40.5 Å². The zero-order valence-corrected chi connectivity index (χ0v) is 12.7. The minimum Gasteiger partial charge on any atom is -0.459 e. The molecule has 0 aliphatic carbocycles. The van der Waals surface area contributed by atoms with Crippen molar-refractivity contribution in [2.24, 2.45) is 0 Å². The lowest BCUT2D eigenvalue weighted by molar-refractivity contribution is -0.178. The highest BCUT2D eigenvalue weighted by atomic mass is 16.7. The first-order valence-corrected chi connectivity index (χ1v) is 6.91. The predicted octanol–water partition coefficient (Wildman–Crippen LogP) is 1.86. The number of rotatable bonds is 3. The summed E-state index contributed by atoms with van der Waals surface area (Å²) in [6.45, 7) is 7.53. The molecule has 0 amide bonds. The lowest BCUT2D eigenvalue weighted by atomic mass is 10.2. The second kappa shape index (κ2) is 5.85. The Labute approximate surface area is 123 Å². The number of carbonyl (C=O) groups is 2. The Morgan fingerprint density at radius 2 is 2.14 bits per heavy atom. The second-order valence-corrected chi connectivity index (χ2v) is 6.01. The fourth-order valence-corrected chi connectivity index (χ4v) is 2.11. The van der Waals surface area contributed by atoms with Crippen molar-refractivity contribution in [3.05, 3.63) is 17.5 Å². The molecular weight excluding hydrogens is 276 g/mol. The molecule has 21 heavy (non-hydrogen) atoms. The number of hydroxylamine groups is 2. The highest BCUT2D eigenvalue weighted by molar-refractivity contribution is 5.90. The van der Waals surface area contributed by atoms with Crippen molar-refractivity contribution in [1.29, 1.82) is 0 Å². The van der Waals surface area contributed by atoms with Crippen molar-refractivity contribution in [1.82, 2.24) is 10.2 Å². The summed E-state index contributed by atoms with van der Waals surface area (Å²) >= 11 is 0. The van der Waals surface area contributed by atoms with E-state index in [1.165, 1.54) is 11.3 Å². The topological polar surface area (TPSA) is 81.9 Å². The van der Waals surface area contributed by atoms with E-state index in [0.29, 0.717) is 18.7 Å². The second-order valence-electron chi connectivity index (χ2n) is 6.01. The van der Waals surface area contributed by atoms with Crippen molar-refractivity contribution in [2.75, 3.05) is 6.54 Å². The van der Waals surface area contributed by atoms with Crippen molar-refractivity contribution in [2.45, 2.75) is 52.2 Å². The van der Waals surface area contributed by atoms with E-state index >= 15 is 0 Å². The summed E-state index contributed by atoms with van der Waals surface area (Å²) in [7, 11) is 0. The van der Waals surface area contributed by atoms with Gasteiger partial charge in [0.1, 0.15) is 23.0 Å². The lowest BCUT2D eigenvalue weighted by Gasteiger charge is -2.26. The van der Waals surface area contributed by atoms with Gasteiger partial charge in [0.15, 0.2) is 0 Å². The monoisotopic (exact) mass is 296 g/mol. The van der Waals surface area contributed by atoms with Gasteiger partial charge in [0.05, 0.1) is 6.20 Å². The van der Waals surface area contributed by atoms with Gasteiger partial charge in [0, 0.05) is 6.54 Å². The van der Waals surface area contributed by atoms with Gasteiger partial charge in [-0.25, -0.2) is 4.79 Å². The molecule has 0 aromatic carbocycles. The normalized spacial score (nSPS) is 19.5. The fraction of sp³-hybridized carbons (Fsp3) is 0.643. The first-order valence-electron chi connectivity index (χ1n) is 6.91. The molecule has 0 radical (unpaired) electrons. The Bertz CT molecular complexity index is 532. The zero-order chi connectivity index (χ0) is 15.6. The van der Waals surface area contributed by atoms with Gasteiger partial charge in [-0.15, -0.1) is 5.06 Å².